The molecule has 1 fully saturated rings. The number of pyridine rings is 1. The molecule has 1 aliphatic heterocycles. The number of nitrogens with zero attached hydrogens (tertiary/aromatic N) is 2. The minimum atomic E-state index is -3.45. The summed E-state index contributed by atoms with van der Waals surface area (Å²) in [6.45, 7) is 5.19. The van der Waals surface area contributed by atoms with Crippen LogP contribution in [0.1, 0.15) is 42.5 Å². The van der Waals surface area contributed by atoms with Crippen LogP contribution >= 0.6 is 0 Å². The lowest BCUT2D eigenvalue weighted by molar-refractivity contribution is 0.405. The van der Waals surface area contributed by atoms with Crippen molar-refractivity contribution in [2.24, 2.45) is 0 Å². The molecule has 6 nitrogen and oxygen atoms in total. The Hall–Kier alpha value is -1.18. The van der Waals surface area contributed by atoms with E-state index in [1.54, 1.807) is 17.6 Å². The van der Waals surface area contributed by atoms with E-state index in [1.165, 1.54) is 0 Å². The largest absolute Gasteiger partial charge is 0.496 e. The predicted octanol–water partition coefficient (Wildman–Crippen LogP) is 1.92. The summed E-state index contributed by atoms with van der Waals surface area (Å²) in [5.41, 5.74) is 2.51. The Balaban J connectivity index is 2.08. The maximum absolute atomic E-state index is 12.4. The minimum absolute atomic E-state index is 0.182. The van der Waals surface area contributed by atoms with E-state index in [0.717, 1.165) is 42.6 Å². The lowest BCUT2D eigenvalue weighted by Gasteiger charge is -2.20. The van der Waals surface area contributed by atoms with Gasteiger partial charge in [-0.3, -0.25) is 4.98 Å². The molecule has 0 radical (unpaired) electrons. The summed E-state index contributed by atoms with van der Waals surface area (Å²) < 4.78 is 34.4. The molecule has 22 heavy (non-hydrogen) atoms. The summed E-state index contributed by atoms with van der Waals surface area (Å²) in [5.74, 6) is 0.763. The number of hydrogen-bond donors (Lipinski definition) is 1. The van der Waals surface area contributed by atoms with E-state index < -0.39 is 10.2 Å². The topological polar surface area (TPSA) is 71.5 Å². The Kier molecular flexibility index (Phi) is 5.77. The molecular formula is C15H25N3O3S. The van der Waals surface area contributed by atoms with Crippen molar-refractivity contribution in [3.8, 4) is 5.75 Å². The molecule has 0 spiro atoms. The van der Waals surface area contributed by atoms with Crippen LogP contribution in [0.2, 0.25) is 0 Å². The van der Waals surface area contributed by atoms with Crippen LogP contribution in [-0.4, -0.2) is 37.9 Å². The number of aromatic nitrogens is 1. The van der Waals surface area contributed by atoms with Gasteiger partial charge in [0.1, 0.15) is 5.75 Å². The average molecular weight is 327 g/mol. The van der Waals surface area contributed by atoms with Gasteiger partial charge in [-0.2, -0.15) is 17.4 Å². The van der Waals surface area contributed by atoms with Crippen molar-refractivity contribution in [1.29, 1.82) is 0 Å². The van der Waals surface area contributed by atoms with E-state index in [1.807, 2.05) is 13.8 Å². The van der Waals surface area contributed by atoms with Crippen molar-refractivity contribution in [3.63, 3.8) is 0 Å². The Bertz CT molecular complexity index is 609. The lowest BCUT2D eigenvalue weighted by Crippen LogP contribution is -2.41. The number of aryl methyl sites for hydroxylation is 1. The Labute approximate surface area is 133 Å². The highest BCUT2D eigenvalue weighted by molar-refractivity contribution is 7.87. The first-order valence-corrected chi connectivity index (χ1v) is 9.13. The fourth-order valence-corrected chi connectivity index (χ4v) is 4.02. The van der Waals surface area contributed by atoms with Crippen LogP contribution in [0.3, 0.4) is 0 Å². The van der Waals surface area contributed by atoms with Crippen molar-refractivity contribution in [3.05, 3.63) is 23.0 Å². The van der Waals surface area contributed by atoms with Crippen molar-refractivity contribution in [2.75, 3.05) is 20.2 Å². The van der Waals surface area contributed by atoms with Gasteiger partial charge in [0, 0.05) is 30.4 Å². The fraction of sp³-hybridized carbons (Fsp3) is 0.667. The predicted molar refractivity (Wildman–Crippen MR) is 86.1 cm³/mol. The van der Waals surface area contributed by atoms with Gasteiger partial charge in [-0.15, -0.1) is 0 Å². The van der Waals surface area contributed by atoms with Gasteiger partial charge in [0.15, 0.2) is 0 Å². The highest BCUT2D eigenvalue weighted by atomic mass is 32.2. The highest BCUT2D eigenvalue weighted by Gasteiger charge is 2.23. The van der Waals surface area contributed by atoms with Crippen molar-refractivity contribution in [2.45, 2.75) is 46.1 Å². The van der Waals surface area contributed by atoms with E-state index in [0.29, 0.717) is 18.8 Å². The normalized spacial score (nSPS) is 17.2. The molecule has 124 valence electrons. The van der Waals surface area contributed by atoms with Crippen molar-refractivity contribution >= 4 is 10.2 Å². The second-order valence-corrected chi connectivity index (χ2v) is 7.44. The van der Waals surface area contributed by atoms with Gasteiger partial charge in [-0.05, 0) is 26.7 Å². The molecule has 1 aromatic heterocycles. The number of nitrogens with one attached hydrogen (secondary N) is 1. The summed E-state index contributed by atoms with van der Waals surface area (Å²) in [5, 5.41) is 0. The molecule has 1 aromatic rings. The first-order chi connectivity index (χ1) is 10.5. The van der Waals surface area contributed by atoms with Gasteiger partial charge >= 0.3 is 0 Å². The zero-order valence-corrected chi connectivity index (χ0v) is 14.4. The van der Waals surface area contributed by atoms with Crippen LogP contribution in [-0.2, 0) is 16.8 Å². The molecule has 2 heterocycles. The number of hydrogen-bond acceptors (Lipinski definition) is 4. The van der Waals surface area contributed by atoms with Crippen LogP contribution in [0, 0.1) is 13.8 Å². The summed E-state index contributed by atoms with van der Waals surface area (Å²) in [7, 11) is -1.84. The van der Waals surface area contributed by atoms with Gasteiger partial charge in [-0.1, -0.05) is 12.8 Å². The average Bonchev–Trinajstić information content (AvgIpc) is 2.76. The van der Waals surface area contributed by atoms with E-state index in [2.05, 4.69) is 9.71 Å². The quantitative estimate of drug-likeness (QED) is 0.897. The van der Waals surface area contributed by atoms with Gasteiger partial charge < -0.3 is 4.74 Å². The molecule has 7 heteroatoms. The van der Waals surface area contributed by atoms with Crippen LogP contribution < -0.4 is 9.46 Å². The van der Waals surface area contributed by atoms with E-state index in [4.69, 9.17) is 4.74 Å². The van der Waals surface area contributed by atoms with Crippen LogP contribution in [0.4, 0.5) is 0 Å². The second-order valence-electron chi connectivity index (χ2n) is 5.69. The summed E-state index contributed by atoms with van der Waals surface area (Å²) in [4.78, 5) is 4.33. The van der Waals surface area contributed by atoms with E-state index in [9.17, 15) is 8.42 Å². The van der Waals surface area contributed by atoms with E-state index >= 15 is 0 Å². The third kappa shape index (κ3) is 3.97. The molecule has 2 rings (SSSR count). The molecule has 0 bridgehead atoms. The molecule has 0 amide bonds. The van der Waals surface area contributed by atoms with Crippen LogP contribution in [0.5, 0.6) is 5.75 Å². The summed E-state index contributed by atoms with van der Waals surface area (Å²) in [6.07, 6.45) is 5.76. The van der Waals surface area contributed by atoms with Crippen molar-refractivity contribution in [1.82, 2.24) is 14.0 Å². The molecule has 0 saturated carbocycles. The Morgan fingerprint density at radius 1 is 1.23 bits per heavy atom. The van der Waals surface area contributed by atoms with Crippen molar-refractivity contribution < 1.29 is 13.2 Å². The molecule has 0 atom stereocenters. The molecule has 0 aliphatic carbocycles. The molecule has 1 aliphatic rings. The zero-order valence-electron chi connectivity index (χ0n) is 13.6. The SMILES string of the molecule is COc1c(C)cnc(CNS(=O)(=O)N2CCCCCC2)c1C. The number of methoxy groups -OCH3 is 1. The standard InChI is InChI=1S/C15H25N3O3S/c1-12-10-16-14(13(2)15(12)21-3)11-17-22(19,20)18-8-6-4-5-7-9-18/h10,17H,4-9,11H2,1-3H3. The molecule has 1 saturated heterocycles. The molecule has 1 N–H and O–H groups in total. The first kappa shape index (κ1) is 17.2. The molecule has 0 aromatic carbocycles. The smallest absolute Gasteiger partial charge is 0.279 e. The lowest BCUT2D eigenvalue weighted by atomic mass is 10.1. The Morgan fingerprint density at radius 2 is 1.86 bits per heavy atom. The monoisotopic (exact) mass is 327 g/mol. The van der Waals surface area contributed by atoms with Crippen LogP contribution in [0.15, 0.2) is 6.20 Å². The maximum atomic E-state index is 12.4. The van der Waals surface area contributed by atoms with Crippen LogP contribution in [0.25, 0.3) is 0 Å². The fourth-order valence-electron chi connectivity index (χ4n) is 2.78. The van der Waals surface area contributed by atoms with Gasteiger partial charge in [0.25, 0.3) is 10.2 Å². The molecule has 0 unspecified atom stereocenters. The van der Waals surface area contributed by atoms with Gasteiger partial charge in [0.2, 0.25) is 0 Å². The molecular weight excluding hydrogens is 302 g/mol. The second kappa shape index (κ2) is 7.39. The third-order valence-corrected chi connectivity index (χ3v) is 5.63. The minimum Gasteiger partial charge on any atom is -0.496 e. The number of ether oxygens (including phenoxy) is 1. The zero-order chi connectivity index (χ0) is 16.2. The first-order valence-electron chi connectivity index (χ1n) is 7.69. The number of rotatable bonds is 5. The summed E-state index contributed by atoms with van der Waals surface area (Å²) >= 11 is 0. The third-order valence-electron chi connectivity index (χ3n) is 4.08. The Morgan fingerprint density at radius 3 is 2.45 bits per heavy atom. The van der Waals surface area contributed by atoms with E-state index in [-0.39, 0.29) is 6.54 Å². The summed E-state index contributed by atoms with van der Waals surface area (Å²) in [6, 6.07) is 0. The maximum Gasteiger partial charge on any atom is 0.279 e. The van der Waals surface area contributed by atoms with Gasteiger partial charge in [0.05, 0.1) is 19.3 Å². The highest BCUT2D eigenvalue weighted by Crippen LogP contribution is 2.24. The van der Waals surface area contributed by atoms with Gasteiger partial charge in [-0.25, -0.2) is 0 Å².